The van der Waals surface area contributed by atoms with E-state index in [2.05, 4.69) is 4.98 Å². The van der Waals surface area contributed by atoms with Crippen molar-refractivity contribution in [3.63, 3.8) is 0 Å². The zero-order valence-corrected chi connectivity index (χ0v) is 8.60. The second-order valence-corrected chi connectivity index (χ2v) is 4.12. The van der Waals surface area contributed by atoms with Crippen molar-refractivity contribution in [3.8, 4) is 0 Å². The summed E-state index contributed by atoms with van der Waals surface area (Å²) in [7, 11) is 0. The SMILES string of the molecule is O=C(O)[C@@H](c1ccccn1)C1CCCC1. The number of hydrogen-bond acceptors (Lipinski definition) is 2. The van der Waals surface area contributed by atoms with Crippen LogP contribution in [0.1, 0.15) is 37.3 Å². The van der Waals surface area contributed by atoms with Gasteiger partial charge in [-0.05, 0) is 30.9 Å². The molecule has 1 saturated carbocycles. The van der Waals surface area contributed by atoms with Gasteiger partial charge in [-0.15, -0.1) is 0 Å². The molecule has 1 aromatic heterocycles. The van der Waals surface area contributed by atoms with Gasteiger partial charge >= 0.3 is 5.97 Å². The van der Waals surface area contributed by atoms with Gasteiger partial charge in [-0.3, -0.25) is 9.78 Å². The number of nitrogens with zero attached hydrogens (tertiary/aromatic N) is 1. The third-order valence-electron chi connectivity index (χ3n) is 3.14. The third kappa shape index (κ3) is 2.17. The van der Waals surface area contributed by atoms with Crippen molar-refractivity contribution in [1.29, 1.82) is 0 Å². The van der Waals surface area contributed by atoms with Crippen molar-refractivity contribution in [2.24, 2.45) is 5.92 Å². The molecule has 0 aromatic carbocycles. The first-order chi connectivity index (χ1) is 7.29. The fraction of sp³-hybridized carbons (Fsp3) is 0.500. The van der Waals surface area contributed by atoms with Crippen LogP contribution in [0.3, 0.4) is 0 Å². The number of hydrogen-bond donors (Lipinski definition) is 1. The number of carbonyl (C=O) groups is 1. The molecule has 1 N–H and O–H groups in total. The average Bonchev–Trinajstić information content (AvgIpc) is 2.72. The normalized spacial score (nSPS) is 18.9. The minimum Gasteiger partial charge on any atom is -0.481 e. The summed E-state index contributed by atoms with van der Waals surface area (Å²) in [5.41, 5.74) is 0.705. The summed E-state index contributed by atoms with van der Waals surface area (Å²) < 4.78 is 0. The fourth-order valence-electron chi connectivity index (χ4n) is 2.42. The van der Waals surface area contributed by atoms with Crippen LogP contribution in [0.15, 0.2) is 24.4 Å². The Morgan fingerprint density at radius 1 is 1.40 bits per heavy atom. The van der Waals surface area contributed by atoms with Crippen LogP contribution < -0.4 is 0 Å². The Balaban J connectivity index is 2.23. The molecule has 0 aliphatic heterocycles. The van der Waals surface area contributed by atoms with E-state index in [4.69, 9.17) is 0 Å². The molecule has 1 aliphatic rings. The van der Waals surface area contributed by atoms with E-state index in [1.165, 1.54) is 0 Å². The van der Waals surface area contributed by atoms with Crippen LogP contribution in [0, 0.1) is 5.92 Å². The largest absolute Gasteiger partial charge is 0.481 e. The Kier molecular flexibility index (Phi) is 2.99. The Morgan fingerprint density at radius 2 is 2.13 bits per heavy atom. The van der Waals surface area contributed by atoms with Gasteiger partial charge in [0.2, 0.25) is 0 Å². The number of carboxylic acids is 1. The molecule has 1 heterocycles. The maximum absolute atomic E-state index is 11.2. The Hall–Kier alpha value is -1.38. The summed E-state index contributed by atoms with van der Waals surface area (Å²) in [5.74, 6) is -0.869. The quantitative estimate of drug-likeness (QED) is 0.824. The number of aliphatic carboxylic acids is 1. The molecule has 1 fully saturated rings. The number of aromatic nitrogens is 1. The van der Waals surface area contributed by atoms with Crippen molar-refractivity contribution < 1.29 is 9.90 Å². The van der Waals surface area contributed by atoms with E-state index in [1.807, 2.05) is 18.2 Å². The smallest absolute Gasteiger partial charge is 0.312 e. The maximum atomic E-state index is 11.2. The van der Waals surface area contributed by atoms with Crippen LogP contribution in [0.2, 0.25) is 0 Å². The first-order valence-electron chi connectivity index (χ1n) is 5.43. The van der Waals surface area contributed by atoms with E-state index in [0.29, 0.717) is 5.69 Å². The minimum absolute atomic E-state index is 0.275. The van der Waals surface area contributed by atoms with Gasteiger partial charge in [-0.2, -0.15) is 0 Å². The lowest BCUT2D eigenvalue weighted by atomic mass is 9.88. The van der Waals surface area contributed by atoms with Crippen LogP contribution in [0.5, 0.6) is 0 Å². The van der Waals surface area contributed by atoms with Crippen LogP contribution in [0.25, 0.3) is 0 Å². The Morgan fingerprint density at radius 3 is 2.67 bits per heavy atom. The minimum atomic E-state index is -0.736. The van der Waals surface area contributed by atoms with Crippen LogP contribution in [0.4, 0.5) is 0 Å². The summed E-state index contributed by atoms with van der Waals surface area (Å²) >= 11 is 0. The van der Waals surface area contributed by atoms with Crippen LogP contribution in [-0.2, 0) is 4.79 Å². The second kappa shape index (κ2) is 4.43. The van der Waals surface area contributed by atoms with Crippen molar-refractivity contribution in [2.75, 3.05) is 0 Å². The highest BCUT2D eigenvalue weighted by atomic mass is 16.4. The number of carboxylic acid groups (broad SMARTS) is 1. The topological polar surface area (TPSA) is 50.2 Å². The third-order valence-corrected chi connectivity index (χ3v) is 3.14. The van der Waals surface area contributed by atoms with E-state index in [1.54, 1.807) is 6.20 Å². The highest BCUT2D eigenvalue weighted by molar-refractivity contribution is 5.75. The highest BCUT2D eigenvalue weighted by Gasteiger charge is 2.32. The molecule has 1 atom stereocenters. The first kappa shape index (κ1) is 10.1. The van der Waals surface area contributed by atoms with Crippen molar-refractivity contribution in [2.45, 2.75) is 31.6 Å². The van der Waals surface area contributed by atoms with E-state index in [-0.39, 0.29) is 5.92 Å². The zero-order valence-electron chi connectivity index (χ0n) is 8.60. The number of rotatable bonds is 3. The van der Waals surface area contributed by atoms with Gasteiger partial charge in [-0.25, -0.2) is 0 Å². The van der Waals surface area contributed by atoms with Crippen LogP contribution >= 0.6 is 0 Å². The monoisotopic (exact) mass is 205 g/mol. The molecule has 3 nitrogen and oxygen atoms in total. The molecule has 1 aliphatic carbocycles. The molecular formula is C12H15NO2. The van der Waals surface area contributed by atoms with Crippen molar-refractivity contribution >= 4 is 5.97 Å². The summed E-state index contributed by atoms with van der Waals surface area (Å²) in [4.78, 5) is 15.4. The van der Waals surface area contributed by atoms with Gasteiger partial charge in [0.15, 0.2) is 0 Å². The van der Waals surface area contributed by atoms with Gasteiger partial charge in [0.1, 0.15) is 5.92 Å². The average molecular weight is 205 g/mol. The molecular weight excluding hydrogens is 190 g/mol. The molecule has 0 radical (unpaired) electrons. The Labute approximate surface area is 89.2 Å². The lowest BCUT2D eigenvalue weighted by Gasteiger charge is -2.18. The Bertz CT molecular complexity index is 331. The molecule has 1 aromatic rings. The predicted molar refractivity (Wildman–Crippen MR) is 56.6 cm³/mol. The van der Waals surface area contributed by atoms with Gasteiger partial charge in [0, 0.05) is 6.20 Å². The lowest BCUT2D eigenvalue weighted by molar-refractivity contribution is -0.140. The van der Waals surface area contributed by atoms with Gasteiger partial charge in [0.05, 0.1) is 5.69 Å². The maximum Gasteiger partial charge on any atom is 0.312 e. The van der Waals surface area contributed by atoms with Gasteiger partial charge < -0.3 is 5.11 Å². The molecule has 0 unspecified atom stereocenters. The number of pyridine rings is 1. The van der Waals surface area contributed by atoms with Crippen molar-refractivity contribution in [3.05, 3.63) is 30.1 Å². The standard InChI is InChI=1S/C12H15NO2/c14-12(15)11(9-5-1-2-6-9)10-7-3-4-8-13-10/h3-4,7-9,11H,1-2,5-6H2,(H,14,15)/t11-/m1/s1. The van der Waals surface area contributed by atoms with Gasteiger partial charge in [0.25, 0.3) is 0 Å². The summed E-state index contributed by atoms with van der Waals surface area (Å²) in [6.45, 7) is 0. The van der Waals surface area contributed by atoms with Crippen LogP contribution in [-0.4, -0.2) is 16.1 Å². The van der Waals surface area contributed by atoms with Crippen molar-refractivity contribution in [1.82, 2.24) is 4.98 Å². The van der Waals surface area contributed by atoms with Gasteiger partial charge in [-0.1, -0.05) is 18.9 Å². The molecule has 80 valence electrons. The molecule has 2 rings (SSSR count). The fourth-order valence-corrected chi connectivity index (χ4v) is 2.42. The molecule has 0 saturated heterocycles. The van der Waals surface area contributed by atoms with E-state index in [0.717, 1.165) is 25.7 Å². The van der Waals surface area contributed by atoms with E-state index >= 15 is 0 Å². The summed E-state index contributed by atoms with van der Waals surface area (Å²) in [5, 5.41) is 9.25. The summed E-state index contributed by atoms with van der Waals surface area (Å²) in [6.07, 6.45) is 6.02. The molecule has 15 heavy (non-hydrogen) atoms. The molecule has 0 bridgehead atoms. The zero-order chi connectivity index (χ0) is 10.7. The predicted octanol–water partition coefficient (Wildman–Crippen LogP) is 2.44. The molecule has 0 spiro atoms. The highest BCUT2D eigenvalue weighted by Crippen LogP contribution is 2.36. The molecule has 3 heteroatoms. The summed E-state index contributed by atoms with van der Waals surface area (Å²) in [6, 6.07) is 5.49. The van der Waals surface area contributed by atoms with E-state index in [9.17, 15) is 9.90 Å². The second-order valence-electron chi connectivity index (χ2n) is 4.12. The first-order valence-corrected chi connectivity index (χ1v) is 5.43. The lowest BCUT2D eigenvalue weighted by Crippen LogP contribution is -2.20. The van der Waals surface area contributed by atoms with E-state index < -0.39 is 11.9 Å². The molecule has 0 amide bonds.